The molecule has 4 aromatic carbocycles. The van der Waals surface area contributed by atoms with Crippen LogP contribution in [0.2, 0.25) is 0 Å². The van der Waals surface area contributed by atoms with Gasteiger partial charge in [-0.05, 0) is 64.7 Å². The van der Waals surface area contributed by atoms with Crippen molar-refractivity contribution in [3.05, 3.63) is 137 Å². The molecular weight excluding hydrogens is 589 g/mol. The number of rotatable bonds is 7. The van der Waals surface area contributed by atoms with Crippen molar-refractivity contribution in [1.29, 1.82) is 0 Å². The first-order valence-corrected chi connectivity index (χ1v) is 15.2. The van der Waals surface area contributed by atoms with E-state index in [0.717, 1.165) is 46.5 Å². The van der Waals surface area contributed by atoms with Crippen LogP contribution in [0.25, 0.3) is 0 Å². The van der Waals surface area contributed by atoms with Gasteiger partial charge in [0.15, 0.2) is 5.78 Å². The molecule has 0 bridgehead atoms. The third kappa shape index (κ3) is 5.68. The van der Waals surface area contributed by atoms with Crippen molar-refractivity contribution in [1.82, 2.24) is 0 Å². The van der Waals surface area contributed by atoms with Gasteiger partial charge in [0.05, 0.1) is 5.56 Å². The second-order valence-electron chi connectivity index (χ2n) is 12.4. The molecule has 5 atom stereocenters. The lowest BCUT2D eigenvalue weighted by Crippen LogP contribution is -2.42. The summed E-state index contributed by atoms with van der Waals surface area (Å²) >= 11 is 0. The van der Waals surface area contributed by atoms with E-state index in [1.807, 2.05) is 117 Å². The summed E-state index contributed by atoms with van der Waals surface area (Å²) < 4.78 is 47.0. The van der Waals surface area contributed by atoms with Gasteiger partial charge < -0.3 is 14.5 Å². The minimum Gasteiger partial charge on any atom is -0.485 e. The van der Waals surface area contributed by atoms with Crippen molar-refractivity contribution in [2.45, 2.75) is 24.1 Å². The summed E-state index contributed by atoms with van der Waals surface area (Å²) in [6, 6.07) is 27.7. The van der Waals surface area contributed by atoms with Gasteiger partial charge in [0.2, 0.25) is 0 Å². The van der Waals surface area contributed by atoms with Gasteiger partial charge in [0.25, 0.3) is 0 Å². The fraction of sp³-hybridized carbons (Fsp3) is 0.263. The van der Waals surface area contributed by atoms with Crippen molar-refractivity contribution in [2.24, 2.45) is 11.8 Å². The lowest BCUT2D eigenvalue weighted by atomic mass is 9.58. The third-order valence-electron chi connectivity index (χ3n) is 9.23. The number of allylic oxidation sites excluding steroid dienone is 1. The molecule has 1 heterocycles. The number of halogens is 3. The Morgan fingerprint density at radius 2 is 1.33 bits per heavy atom. The highest BCUT2D eigenvalue weighted by Gasteiger charge is 2.51. The summed E-state index contributed by atoms with van der Waals surface area (Å²) in [6.45, 7) is 0. The van der Waals surface area contributed by atoms with Crippen LogP contribution in [0.1, 0.15) is 50.6 Å². The number of aldehydes is 1. The minimum atomic E-state index is -4.53. The Labute approximate surface area is 266 Å². The van der Waals surface area contributed by atoms with Gasteiger partial charge in [-0.2, -0.15) is 13.2 Å². The van der Waals surface area contributed by atoms with Crippen LogP contribution in [-0.2, 0) is 11.0 Å². The monoisotopic (exact) mass is 624 g/mol. The second-order valence-corrected chi connectivity index (χ2v) is 12.4. The SMILES string of the molecule is CN(C)c1ccc([C@H]2C(C=O)=C[C@H]3[C@H](c4ccccc4O[C@H]3c3ccc(N(C)C)cc3)[C@@H]2C(=O)c2ccc(C(F)(F)F)cc2)cc1. The Balaban J connectivity index is 1.55. The Hall–Kier alpha value is -4.85. The second kappa shape index (κ2) is 12.2. The normalized spacial score (nSPS) is 22.1. The number of alkyl halides is 3. The number of benzene rings is 4. The van der Waals surface area contributed by atoms with E-state index in [1.165, 1.54) is 12.1 Å². The number of anilines is 2. The van der Waals surface area contributed by atoms with E-state index in [-0.39, 0.29) is 11.3 Å². The largest absolute Gasteiger partial charge is 0.485 e. The van der Waals surface area contributed by atoms with Crippen LogP contribution in [0, 0.1) is 11.8 Å². The van der Waals surface area contributed by atoms with Gasteiger partial charge in [-0.3, -0.25) is 9.59 Å². The van der Waals surface area contributed by atoms with Gasteiger partial charge in [0, 0.05) is 68.8 Å². The van der Waals surface area contributed by atoms with Gasteiger partial charge in [-0.25, -0.2) is 0 Å². The predicted molar refractivity (Wildman–Crippen MR) is 174 cm³/mol. The first-order valence-electron chi connectivity index (χ1n) is 15.2. The molecule has 0 radical (unpaired) electrons. The fourth-order valence-corrected chi connectivity index (χ4v) is 6.91. The maximum absolute atomic E-state index is 14.7. The topological polar surface area (TPSA) is 49.9 Å². The molecule has 1 aliphatic heterocycles. The predicted octanol–water partition coefficient (Wildman–Crippen LogP) is 8.09. The van der Waals surface area contributed by atoms with E-state index in [9.17, 15) is 22.8 Å². The van der Waals surface area contributed by atoms with Crippen LogP contribution in [0.3, 0.4) is 0 Å². The van der Waals surface area contributed by atoms with E-state index < -0.39 is 41.5 Å². The smallest absolute Gasteiger partial charge is 0.416 e. The fourth-order valence-electron chi connectivity index (χ4n) is 6.91. The lowest BCUT2D eigenvalue weighted by molar-refractivity contribution is -0.137. The Bertz CT molecular complexity index is 1760. The summed E-state index contributed by atoms with van der Waals surface area (Å²) in [5.41, 5.74) is 4.26. The number of nitrogens with zero attached hydrogens (tertiary/aromatic N) is 2. The number of hydrogen-bond donors (Lipinski definition) is 0. The molecule has 46 heavy (non-hydrogen) atoms. The zero-order chi connectivity index (χ0) is 32.7. The number of carbonyl (C=O) groups excluding carboxylic acids is 2. The van der Waals surface area contributed by atoms with Crippen molar-refractivity contribution in [2.75, 3.05) is 38.0 Å². The van der Waals surface area contributed by atoms with E-state index in [1.54, 1.807) is 0 Å². The van der Waals surface area contributed by atoms with E-state index in [4.69, 9.17) is 4.74 Å². The summed E-state index contributed by atoms with van der Waals surface area (Å²) in [5.74, 6) is -1.95. The molecule has 0 aromatic heterocycles. The summed E-state index contributed by atoms with van der Waals surface area (Å²) in [5, 5.41) is 0. The Morgan fingerprint density at radius 3 is 1.87 bits per heavy atom. The molecule has 0 N–H and O–H groups in total. The minimum absolute atomic E-state index is 0.162. The van der Waals surface area contributed by atoms with Crippen molar-refractivity contribution >= 4 is 23.4 Å². The molecule has 0 spiro atoms. The van der Waals surface area contributed by atoms with Gasteiger partial charge in [-0.15, -0.1) is 0 Å². The average molecular weight is 625 g/mol. The van der Waals surface area contributed by atoms with Crippen molar-refractivity contribution < 1.29 is 27.5 Å². The average Bonchev–Trinajstić information content (AvgIpc) is 3.06. The van der Waals surface area contributed by atoms with Gasteiger partial charge >= 0.3 is 6.18 Å². The Morgan fingerprint density at radius 1 is 0.761 bits per heavy atom. The zero-order valence-electron chi connectivity index (χ0n) is 26.0. The number of Topliss-reactive ketones (excluding diaryl/α,β-unsaturated/α-hetero) is 1. The highest BCUT2D eigenvalue weighted by molar-refractivity contribution is 6.00. The van der Waals surface area contributed by atoms with Crippen LogP contribution in [-0.4, -0.2) is 40.3 Å². The van der Waals surface area contributed by atoms with Crippen LogP contribution < -0.4 is 14.5 Å². The molecule has 1 aliphatic carbocycles. The number of ketones is 1. The molecule has 0 saturated carbocycles. The third-order valence-corrected chi connectivity index (χ3v) is 9.23. The summed E-state index contributed by atoms with van der Waals surface area (Å²) in [4.78, 5) is 31.6. The van der Waals surface area contributed by atoms with Crippen molar-refractivity contribution in [3.63, 3.8) is 0 Å². The van der Waals surface area contributed by atoms with E-state index in [0.29, 0.717) is 11.3 Å². The standard InChI is InChI=1S/C38H35F3N2O3/c1-42(2)28-17-11-23(12-18-28)33-26(22-44)21-31-34(35(33)36(45)24-9-15-27(16-10-24)38(39,40)41)30-7-5-6-8-32(30)46-37(31)25-13-19-29(20-14-25)43(3)4/h5-22,31,33-35,37H,1-4H3/t31-,33-,34-,35+,37-/m0/s1. The van der Waals surface area contributed by atoms with Crippen LogP contribution >= 0.6 is 0 Å². The van der Waals surface area contributed by atoms with Crippen LogP contribution in [0.15, 0.2) is 109 Å². The van der Waals surface area contributed by atoms with E-state index >= 15 is 0 Å². The molecule has 0 unspecified atom stereocenters. The number of carbonyl (C=O) groups is 2. The Kier molecular flexibility index (Phi) is 8.23. The van der Waals surface area contributed by atoms with Crippen molar-refractivity contribution in [3.8, 4) is 5.75 Å². The summed E-state index contributed by atoms with van der Waals surface area (Å²) in [6.07, 6.45) is -2.29. The first kappa shape index (κ1) is 31.1. The molecule has 4 aromatic rings. The highest BCUT2D eigenvalue weighted by Crippen LogP contribution is 2.58. The molecule has 6 rings (SSSR count). The lowest BCUT2D eigenvalue weighted by Gasteiger charge is -2.47. The number of hydrogen-bond acceptors (Lipinski definition) is 5. The molecule has 8 heteroatoms. The molecule has 0 fully saturated rings. The number of para-hydroxylation sites is 1. The van der Waals surface area contributed by atoms with Gasteiger partial charge in [-0.1, -0.05) is 60.7 Å². The summed E-state index contributed by atoms with van der Waals surface area (Å²) in [7, 11) is 7.78. The quantitative estimate of drug-likeness (QED) is 0.154. The van der Waals surface area contributed by atoms with Gasteiger partial charge in [0.1, 0.15) is 18.1 Å². The van der Waals surface area contributed by atoms with E-state index in [2.05, 4.69) is 0 Å². The first-order chi connectivity index (χ1) is 22.0. The zero-order valence-corrected chi connectivity index (χ0v) is 26.0. The van der Waals surface area contributed by atoms with Crippen LogP contribution in [0.5, 0.6) is 5.75 Å². The van der Waals surface area contributed by atoms with Crippen LogP contribution in [0.4, 0.5) is 24.5 Å². The molecular formula is C38H35F3N2O3. The highest BCUT2D eigenvalue weighted by atomic mass is 19.4. The molecule has 236 valence electrons. The molecule has 0 amide bonds. The number of fused-ring (bicyclic) bond motifs is 3. The maximum Gasteiger partial charge on any atom is 0.416 e. The molecule has 2 aliphatic rings. The molecule has 5 nitrogen and oxygen atoms in total. The maximum atomic E-state index is 14.7. The molecule has 0 saturated heterocycles. The number of ether oxygens (including phenoxy) is 1.